The van der Waals surface area contributed by atoms with E-state index in [4.69, 9.17) is 9.72 Å². The molecule has 0 radical (unpaired) electrons. The van der Waals surface area contributed by atoms with Gasteiger partial charge in [0.25, 0.3) is 5.91 Å². The number of ether oxygens (including phenoxy) is 1. The van der Waals surface area contributed by atoms with Crippen molar-refractivity contribution in [2.75, 3.05) is 27.7 Å². The Labute approximate surface area is 187 Å². The number of likely N-dealkylation sites (N-methyl/N-ethyl adjacent to an activating group) is 1. The highest BCUT2D eigenvalue weighted by Gasteiger charge is 2.18. The maximum Gasteiger partial charge on any atom is 0.252 e. The number of nitrogens with zero attached hydrogens (tertiary/aromatic N) is 3. The molecule has 1 N–H and O–H groups in total. The van der Waals surface area contributed by atoms with Gasteiger partial charge in [0.05, 0.1) is 29.9 Å². The molecule has 0 saturated carbocycles. The van der Waals surface area contributed by atoms with Crippen molar-refractivity contribution < 1.29 is 9.53 Å². The van der Waals surface area contributed by atoms with Crippen LogP contribution in [0.5, 0.6) is 5.75 Å². The van der Waals surface area contributed by atoms with E-state index >= 15 is 0 Å². The number of fused-ring (bicyclic) bond motifs is 1. The molecule has 6 nitrogen and oxygen atoms in total. The summed E-state index contributed by atoms with van der Waals surface area (Å²) < 4.78 is 5.26. The van der Waals surface area contributed by atoms with Crippen LogP contribution in [0.2, 0.25) is 0 Å². The van der Waals surface area contributed by atoms with Crippen LogP contribution < -0.4 is 10.1 Å². The number of methoxy groups -OCH3 is 1. The molecule has 0 aliphatic heterocycles. The zero-order chi connectivity index (χ0) is 22.5. The van der Waals surface area contributed by atoms with Gasteiger partial charge in [-0.2, -0.15) is 0 Å². The fraction of sp³-hybridized carbons (Fsp3) is 0.192. The lowest BCUT2D eigenvalue weighted by molar-refractivity contribution is 0.0943. The van der Waals surface area contributed by atoms with Crippen LogP contribution in [-0.4, -0.2) is 48.5 Å². The molecule has 4 rings (SSSR count). The molecule has 0 unspecified atom stereocenters. The molecule has 2 aromatic heterocycles. The Morgan fingerprint density at radius 3 is 2.53 bits per heavy atom. The fourth-order valence-electron chi connectivity index (χ4n) is 3.73. The molecular formula is C26H26N4O2. The number of carbonyl (C=O) groups is 1. The molecule has 1 atom stereocenters. The van der Waals surface area contributed by atoms with Gasteiger partial charge in [-0.15, -0.1) is 0 Å². The second-order valence-corrected chi connectivity index (χ2v) is 7.78. The van der Waals surface area contributed by atoms with Gasteiger partial charge in [0, 0.05) is 29.9 Å². The van der Waals surface area contributed by atoms with Crippen LogP contribution in [0, 0.1) is 0 Å². The van der Waals surface area contributed by atoms with E-state index in [0.717, 1.165) is 33.5 Å². The fourth-order valence-corrected chi connectivity index (χ4v) is 3.73. The van der Waals surface area contributed by atoms with E-state index in [1.807, 2.05) is 80.8 Å². The molecule has 0 bridgehead atoms. The molecule has 2 aromatic carbocycles. The summed E-state index contributed by atoms with van der Waals surface area (Å²) in [4.78, 5) is 24.3. The monoisotopic (exact) mass is 426 g/mol. The number of hydrogen-bond acceptors (Lipinski definition) is 5. The number of hydrogen-bond donors (Lipinski definition) is 1. The minimum atomic E-state index is -0.130. The van der Waals surface area contributed by atoms with E-state index in [1.54, 1.807) is 19.5 Å². The van der Waals surface area contributed by atoms with Gasteiger partial charge in [0.1, 0.15) is 5.75 Å². The summed E-state index contributed by atoms with van der Waals surface area (Å²) in [6.45, 7) is 0.469. The van der Waals surface area contributed by atoms with Crippen molar-refractivity contribution in [1.29, 1.82) is 0 Å². The Bertz CT molecular complexity index is 1210. The van der Waals surface area contributed by atoms with Crippen LogP contribution in [0.25, 0.3) is 22.2 Å². The topological polar surface area (TPSA) is 67.3 Å². The largest absolute Gasteiger partial charge is 0.497 e. The molecule has 6 heteroatoms. The van der Waals surface area contributed by atoms with Crippen molar-refractivity contribution >= 4 is 16.8 Å². The molecule has 32 heavy (non-hydrogen) atoms. The van der Waals surface area contributed by atoms with Crippen LogP contribution in [-0.2, 0) is 0 Å². The number of amides is 1. The quantitative estimate of drug-likeness (QED) is 0.476. The zero-order valence-corrected chi connectivity index (χ0v) is 18.4. The highest BCUT2D eigenvalue weighted by molar-refractivity contribution is 6.07. The molecule has 0 spiro atoms. The Morgan fingerprint density at radius 2 is 1.84 bits per heavy atom. The molecular weight excluding hydrogens is 400 g/mol. The normalized spacial score (nSPS) is 12.0. The van der Waals surface area contributed by atoms with Crippen molar-refractivity contribution in [2.45, 2.75) is 6.04 Å². The van der Waals surface area contributed by atoms with E-state index in [2.05, 4.69) is 15.2 Å². The lowest BCUT2D eigenvalue weighted by atomic mass is 10.0. The molecule has 2 heterocycles. The molecule has 0 saturated heterocycles. The summed E-state index contributed by atoms with van der Waals surface area (Å²) in [7, 11) is 5.66. The van der Waals surface area contributed by atoms with Crippen molar-refractivity contribution in [3.05, 3.63) is 90.3 Å². The van der Waals surface area contributed by atoms with E-state index in [1.165, 1.54) is 0 Å². The molecule has 0 fully saturated rings. The van der Waals surface area contributed by atoms with Gasteiger partial charge in [-0.3, -0.25) is 9.78 Å². The standard InChI is InChI=1S/C26H26N4O2/c1-30(2)25(18-10-12-20(32-3)13-11-18)17-28-26(31)22-15-24(19-7-6-14-27-16-19)29-23-9-5-4-8-21(22)23/h4-16,25H,17H2,1-3H3,(H,28,31)/t25-/m0/s1. The van der Waals surface area contributed by atoms with Crippen LogP contribution in [0.3, 0.4) is 0 Å². The van der Waals surface area contributed by atoms with E-state index < -0.39 is 0 Å². The Balaban J connectivity index is 1.62. The first kappa shape index (κ1) is 21.5. The summed E-state index contributed by atoms with van der Waals surface area (Å²) in [5.41, 5.74) is 4.07. The summed E-state index contributed by atoms with van der Waals surface area (Å²) >= 11 is 0. The SMILES string of the molecule is COc1ccc([C@H](CNC(=O)c2cc(-c3cccnc3)nc3ccccc23)N(C)C)cc1. The van der Waals surface area contributed by atoms with Gasteiger partial charge in [-0.1, -0.05) is 30.3 Å². The third-order valence-electron chi connectivity index (χ3n) is 5.50. The average molecular weight is 427 g/mol. The van der Waals surface area contributed by atoms with Crippen LogP contribution in [0.4, 0.5) is 0 Å². The van der Waals surface area contributed by atoms with Crippen molar-refractivity contribution in [2.24, 2.45) is 0 Å². The van der Waals surface area contributed by atoms with Gasteiger partial charge in [0.15, 0.2) is 0 Å². The Morgan fingerprint density at radius 1 is 1.06 bits per heavy atom. The first-order valence-corrected chi connectivity index (χ1v) is 10.5. The number of carbonyl (C=O) groups excluding carboxylic acids is 1. The van der Waals surface area contributed by atoms with Crippen LogP contribution in [0.1, 0.15) is 22.0 Å². The van der Waals surface area contributed by atoms with E-state index in [0.29, 0.717) is 12.1 Å². The predicted molar refractivity (Wildman–Crippen MR) is 127 cm³/mol. The number of para-hydroxylation sites is 1. The predicted octanol–water partition coefficient (Wildman–Crippen LogP) is 4.34. The Kier molecular flexibility index (Phi) is 6.42. The number of benzene rings is 2. The summed E-state index contributed by atoms with van der Waals surface area (Å²) in [5, 5.41) is 3.95. The number of rotatable bonds is 7. The number of nitrogens with one attached hydrogen (secondary N) is 1. The summed E-state index contributed by atoms with van der Waals surface area (Å²) in [5.74, 6) is 0.676. The molecule has 1 amide bonds. The van der Waals surface area contributed by atoms with Crippen LogP contribution >= 0.6 is 0 Å². The minimum absolute atomic E-state index is 0.0238. The van der Waals surface area contributed by atoms with Gasteiger partial charge >= 0.3 is 0 Å². The highest BCUT2D eigenvalue weighted by atomic mass is 16.5. The number of aromatic nitrogens is 2. The lowest BCUT2D eigenvalue weighted by Gasteiger charge is -2.25. The smallest absolute Gasteiger partial charge is 0.252 e. The van der Waals surface area contributed by atoms with Crippen molar-refractivity contribution in [3.63, 3.8) is 0 Å². The third kappa shape index (κ3) is 4.60. The number of pyridine rings is 2. The highest BCUT2D eigenvalue weighted by Crippen LogP contribution is 2.25. The van der Waals surface area contributed by atoms with Crippen molar-refractivity contribution in [3.8, 4) is 17.0 Å². The zero-order valence-electron chi connectivity index (χ0n) is 18.4. The first-order chi connectivity index (χ1) is 15.6. The first-order valence-electron chi connectivity index (χ1n) is 10.5. The second kappa shape index (κ2) is 9.58. The van der Waals surface area contributed by atoms with Gasteiger partial charge in [-0.25, -0.2) is 4.98 Å². The second-order valence-electron chi connectivity index (χ2n) is 7.78. The van der Waals surface area contributed by atoms with Gasteiger partial charge in [0.2, 0.25) is 0 Å². The van der Waals surface area contributed by atoms with Gasteiger partial charge in [-0.05, 0) is 56.1 Å². The van der Waals surface area contributed by atoms with Crippen LogP contribution in [0.15, 0.2) is 79.1 Å². The maximum atomic E-state index is 13.3. The summed E-state index contributed by atoms with van der Waals surface area (Å²) in [6, 6.07) is 21.3. The lowest BCUT2D eigenvalue weighted by Crippen LogP contribution is -2.34. The average Bonchev–Trinajstić information content (AvgIpc) is 2.84. The van der Waals surface area contributed by atoms with Crippen molar-refractivity contribution in [1.82, 2.24) is 20.2 Å². The maximum absolute atomic E-state index is 13.3. The molecule has 4 aromatic rings. The van der Waals surface area contributed by atoms with E-state index in [9.17, 15) is 4.79 Å². The van der Waals surface area contributed by atoms with E-state index in [-0.39, 0.29) is 11.9 Å². The minimum Gasteiger partial charge on any atom is -0.497 e. The van der Waals surface area contributed by atoms with Gasteiger partial charge < -0.3 is 15.0 Å². The Hall–Kier alpha value is -3.77. The third-order valence-corrected chi connectivity index (χ3v) is 5.50. The summed E-state index contributed by atoms with van der Waals surface area (Å²) in [6.07, 6.45) is 3.48. The molecule has 162 valence electrons. The molecule has 0 aliphatic rings. The molecule has 0 aliphatic carbocycles.